The number of ether oxygens (including phenoxy) is 1. The number of nitro benzene ring substituents is 2. The van der Waals surface area contributed by atoms with Crippen LogP contribution in [0.1, 0.15) is 5.56 Å². The molecule has 1 heterocycles. The minimum atomic E-state index is -0.729. The third kappa shape index (κ3) is 4.45. The quantitative estimate of drug-likeness (QED) is 0.253. The largest absolute Gasteiger partial charge is 0.450 e. The van der Waals surface area contributed by atoms with Crippen molar-refractivity contribution in [3.05, 3.63) is 92.5 Å². The maximum atomic E-state index is 11.2. The number of aromatic nitrogens is 2. The van der Waals surface area contributed by atoms with Gasteiger partial charge < -0.3 is 9.72 Å². The molecule has 2 N–H and O–H groups in total. The van der Waals surface area contributed by atoms with Crippen molar-refractivity contribution in [2.75, 3.05) is 5.43 Å². The number of hydrogen-bond acceptors (Lipinski definition) is 8. The van der Waals surface area contributed by atoms with Crippen molar-refractivity contribution in [3.8, 4) is 11.5 Å². The van der Waals surface area contributed by atoms with Crippen LogP contribution in [-0.4, -0.2) is 26.0 Å². The highest BCUT2D eigenvalue weighted by atomic mass is 16.6. The third-order valence-electron chi connectivity index (χ3n) is 4.23. The summed E-state index contributed by atoms with van der Waals surface area (Å²) in [7, 11) is 0. The smallest absolute Gasteiger partial charge is 0.318 e. The summed E-state index contributed by atoms with van der Waals surface area (Å²) in [5.41, 5.74) is 4.39. The maximum Gasteiger partial charge on any atom is 0.318 e. The van der Waals surface area contributed by atoms with Crippen LogP contribution in [0.2, 0.25) is 0 Å². The Morgan fingerprint density at radius 1 is 1.00 bits per heavy atom. The molecule has 0 radical (unpaired) electrons. The SMILES string of the molecule is O=[N+]([O-])c1ccc(Oc2ccc(/C=N/Nc3nc4ccccc4[nH]3)cc2)c([N+](=O)[O-])c1. The van der Waals surface area contributed by atoms with E-state index in [1.165, 1.54) is 6.07 Å². The Balaban J connectivity index is 1.44. The Morgan fingerprint density at radius 3 is 2.48 bits per heavy atom. The molecule has 0 saturated heterocycles. The molecule has 154 valence electrons. The average molecular weight is 418 g/mol. The van der Waals surface area contributed by atoms with Gasteiger partial charge in [-0.2, -0.15) is 5.10 Å². The van der Waals surface area contributed by atoms with Crippen LogP contribution in [-0.2, 0) is 0 Å². The van der Waals surface area contributed by atoms with Crippen LogP contribution < -0.4 is 10.2 Å². The predicted octanol–water partition coefficient (Wildman–Crippen LogP) is 4.62. The molecule has 0 amide bonds. The zero-order chi connectivity index (χ0) is 21.8. The van der Waals surface area contributed by atoms with Crippen LogP contribution in [0, 0.1) is 20.2 Å². The molecule has 1 aromatic heterocycles. The highest BCUT2D eigenvalue weighted by Gasteiger charge is 2.21. The minimum Gasteiger partial charge on any atom is -0.450 e. The van der Waals surface area contributed by atoms with Crippen molar-refractivity contribution in [3.63, 3.8) is 0 Å². The lowest BCUT2D eigenvalue weighted by atomic mass is 10.2. The number of hydrazone groups is 1. The molecule has 0 aliphatic carbocycles. The monoisotopic (exact) mass is 418 g/mol. The molecule has 0 atom stereocenters. The average Bonchev–Trinajstić information content (AvgIpc) is 3.18. The molecule has 11 nitrogen and oxygen atoms in total. The number of imidazole rings is 1. The van der Waals surface area contributed by atoms with Gasteiger partial charge in [0.1, 0.15) is 5.75 Å². The van der Waals surface area contributed by atoms with Crippen molar-refractivity contribution >= 4 is 34.6 Å². The molecule has 0 spiro atoms. The second-order valence-electron chi connectivity index (χ2n) is 6.31. The normalized spacial score (nSPS) is 11.0. The molecule has 11 heteroatoms. The summed E-state index contributed by atoms with van der Waals surface area (Å²) in [6, 6.07) is 17.4. The fourth-order valence-electron chi connectivity index (χ4n) is 2.77. The van der Waals surface area contributed by atoms with E-state index in [9.17, 15) is 20.2 Å². The lowest BCUT2D eigenvalue weighted by Crippen LogP contribution is -1.96. The summed E-state index contributed by atoms with van der Waals surface area (Å²) >= 11 is 0. The first-order chi connectivity index (χ1) is 15.0. The van der Waals surface area contributed by atoms with Gasteiger partial charge >= 0.3 is 5.69 Å². The summed E-state index contributed by atoms with van der Waals surface area (Å²) in [5, 5.41) is 26.1. The number of rotatable bonds is 7. The fraction of sp³-hybridized carbons (Fsp3) is 0. The molecule has 4 aromatic rings. The van der Waals surface area contributed by atoms with Crippen LogP contribution in [0.15, 0.2) is 71.8 Å². The number of fused-ring (bicyclic) bond motifs is 1. The van der Waals surface area contributed by atoms with E-state index in [0.29, 0.717) is 11.7 Å². The second kappa shape index (κ2) is 8.29. The van der Waals surface area contributed by atoms with Gasteiger partial charge in [-0.1, -0.05) is 12.1 Å². The number of nitrogens with one attached hydrogen (secondary N) is 2. The molecule has 4 rings (SSSR count). The molecule has 3 aromatic carbocycles. The van der Waals surface area contributed by atoms with E-state index < -0.39 is 15.5 Å². The van der Waals surface area contributed by atoms with E-state index in [1.54, 1.807) is 30.5 Å². The Labute approximate surface area is 174 Å². The van der Waals surface area contributed by atoms with E-state index in [-0.39, 0.29) is 11.4 Å². The minimum absolute atomic E-state index is 0.0939. The number of anilines is 1. The predicted molar refractivity (Wildman–Crippen MR) is 114 cm³/mol. The Hall–Kier alpha value is -4.80. The summed E-state index contributed by atoms with van der Waals surface area (Å²) in [4.78, 5) is 28.0. The van der Waals surface area contributed by atoms with Crippen molar-refractivity contribution in [1.82, 2.24) is 9.97 Å². The van der Waals surface area contributed by atoms with Gasteiger partial charge in [-0.25, -0.2) is 10.4 Å². The number of para-hydroxylation sites is 2. The van der Waals surface area contributed by atoms with E-state index in [2.05, 4.69) is 20.5 Å². The van der Waals surface area contributed by atoms with Gasteiger partial charge in [0.05, 0.1) is 33.2 Å². The molecule has 31 heavy (non-hydrogen) atoms. The van der Waals surface area contributed by atoms with Gasteiger partial charge in [0, 0.05) is 6.07 Å². The number of non-ortho nitro benzene ring substituents is 1. The van der Waals surface area contributed by atoms with Crippen molar-refractivity contribution in [2.45, 2.75) is 0 Å². The van der Waals surface area contributed by atoms with Gasteiger partial charge in [0.15, 0.2) is 0 Å². The first kappa shape index (κ1) is 19.5. The first-order valence-corrected chi connectivity index (χ1v) is 8.94. The second-order valence-corrected chi connectivity index (χ2v) is 6.31. The maximum absolute atomic E-state index is 11.2. The summed E-state index contributed by atoms with van der Waals surface area (Å²) in [6.45, 7) is 0. The molecular weight excluding hydrogens is 404 g/mol. The zero-order valence-corrected chi connectivity index (χ0v) is 15.8. The molecule has 0 aliphatic heterocycles. The van der Waals surface area contributed by atoms with Crippen LogP contribution in [0.4, 0.5) is 17.3 Å². The molecular formula is C20H14N6O5. The number of benzene rings is 3. The molecule has 0 aliphatic rings. The van der Waals surface area contributed by atoms with Crippen molar-refractivity contribution < 1.29 is 14.6 Å². The van der Waals surface area contributed by atoms with Crippen LogP contribution in [0.5, 0.6) is 11.5 Å². The first-order valence-electron chi connectivity index (χ1n) is 8.94. The van der Waals surface area contributed by atoms with E-state index in [0.717, 1.165) is 28.7 Å². The van der Waals surface area contributed by atoms with Gasteiger partial charge in [-0.15, -0.1) is 0 Å². The van der Waals surface area contributed by atoms with E-state index in [4.69, 9.17) is 4.74 Å². The summed E-state index contributed by atoms with van der Waals surface area (Å²) < 4.78 is 5.53. The number of aromatic amines is 1. The zero-order valence-electron chi connectivity index (χ0n) is 15.8. The summed E-state index contributed by atoms with van der Waals surface area (Å²) in [6.07, 6.45) is 1.57. The number of nitro groups is 2. The highest BCUT2D eigenvalue weighted by Crippen LogP contribution is 2.34. The van der Waals surface area contributed by atoms with Gasteiger partial charge in [0.25, 0.3) is 5.69 Å². The molecule has 0 saturated carbocycles. The fourth-order valence-corrected chi connectivity index (χ4v) is 2.77. The lowest BCUT2D eigenvalue weighted by molar-refractivity contribution is -0.394. The number of nitrogens with zero attached hydrogens (tertiary/aromatic N) is 4. The van der Waals surface area contributed by atoms with Crippen LogP contribution in [0.25, 0.3) is 11.0 Å². The van der Waals surface area contributed by atoms with Crippen LogP contribution >= 0.6 is 0 Å². The van der Waals surface area contributed by atoms with Crippen molar-refractivity contribution in [2.24, 2.45) is 5.10 Å². The van der Waals surface area contributed by atoms with Crippen LogP contribution in [0.3, 0.4) is 0 Å². The third-order valence-corrected chi connectivity index (χ3v) is 4.23. The highest BCUT2D eigenvalue weighted by molar-refractivity contribution is 5.81. The molecule has 0 unspecified atom stereocenters. The molecule has 0 bridgehead atoms. The van der Waals surface area contributed by atoms with Gasteiger partial charge in [-0.3, -0.25) is 20.2 Å². The lowest BCUT2D eigenvalue weighted by Gasteiger charge is -2.06. The standard InChI is InChI=1S/C20H14N6O5/c27-25(28)14-7-10-19(18(11-14)26(29)30)31-15-8-5-13(6-9-15)12-21-24-20-22-16-3-1-2-4-17(16)23-20/h1-12H,(H2,22,23,24)/b21-12+. The number of hydrogen-bond donors (Lipinski definition) is 2. The summed E-state index contributed by atoms with van der Waals surface area (Å²) in [5.74, 6) is 0.741. The van der Waals surface area contributed by atoms with Gasteiger partial charge in [0.2, 0.25) is 11.7 Å². The topological polar surface area (TPSA) is 149 Å². The van der Waals surface area contributed by atoms with Crippen molar-refractivity contribution in [1.29, 1.82) is 0 Å². The Bertz CT molecular complexity index is 1270. The molecule has 0 fully saturated rings. The Morgan fingerprint density at radius 2 is 1.77 bits per heavy atom. The Kier molecular flexibility index (Phi) is 5.22. The number of H-pyrrole nitrogens is 1. The van der Waals surface area contributed by atoms with Gasteiger partial charge in [-0.05, 0) is 48.0 Å². The van der Waals surface area contributed by atoms with E-state index >= 15 is 0 Å². The van der Waals surface area contributed by atoms with E-state index in [1.807, 2.05) is 24.3 Å².